The van der Waals surface area contributed by atoms with Crippen LogP contribution in [-0.2, 0) is 6.54 Å². The summed E-state index contributed by atoms with van der Waals surface area (Å²) in [6.07, 6.45) is 0. The summed E-state index contributed by atoms with van der Waals surface area (Å²) in [6, 6.07) is 9.17. The minimum Gasteiger partial charge on any atom is -0.380 e. The number of hydrogen-bond donors (Lipinski definition) is 1. The Morgan fingerprint density at radius 1 is 1.00 bits per heavy atom. The molecule has 0 bridgehead atoms. The molecule has 0 unspecified atom stereocenters. The van der Waals surface area contributed by atoms with E-state index < -0.39 is 0 Å². The molecule has 0 aliphatic heterocycles. The maximum atomic E-state index is 13.6. The van der Waals surface area contributed by atoms with Gasteiger partial charge in [-0.1, -0.05) is 22.0 Å². The lowest BCUT2D eigenvalue weighted by molar-refractivity contribution is 0.612. The Hall–Kier alpha value is -0.940. The van der Waals surface area contributed by atoms with Gasteiger partial charge in [0, 0.05) is 21.1 Å². The molecule has 0 amide bonds. The van der Waals surface area contributed by atoms with Crippen LogP contribution in [0, 0.1) is 11.6 Å². The summed E-state index contributed by atoms with van der Waals surface area (Å²) >= 11 is 6.50. The van der Waals surface area contributed by atoms with E-state index in [1.54, 1.807) is 18.2 Å². The van der Waals surface area contributed by atoms with Crippen LogP contribution in [0.1, 0.15) is 5.56 Å². The van der Waals surface area contributed by atoms with Crippen LogP contribution in [0.25, 0.3) is 0 Å². The van der Waals surface area contributed by atoms with Crippen molar-refractivity contribution in [2.75, 3.05) is 5.32 Å². The van der Waals surface area contributed by atoms with Crippen molar-refractivity contribution < 1.29 is 8.78 Å². The summed E-state index contributed by atoms with van der Waals surface area (Å²) < 4.78 is 28.1. The largest absolute Gasteiger partial charge is 0.380 e. The van der Waals surface area contributed by atoms with Gasteiger partial charge in [0.15, 0.2) is 0 Å². The second-order valence-electron chi connectivity index (χ2n) is 3.71. The van der Waals surface area contributed by atoms with Crippen molar-refractivity contribution in [3.63, 3.8) is 0 Å². The Bertz CT molecular complexity index is 573. The first-order chi connectivity index (χ1) is 8.56. The SMILES string of the molecule is Fc1ccc(Br)c(NCc2ccc(Br)cc2F)c1. The molecule has 0 spiro atoms. The lowest BCUT2D eigenvalue weighted by atomic mass is 10.2. The average molecular weight is 377 g/mol. The minimum atomic E-state index is -0.336. The first-order valence-corrected chi connectivity index (χ1v) is 6.78. The van der Waals surface area contributed by atoms with Crippen LogP contribution in [0.5, 0.6) is 0 Å². The fourth-order valence-corrected chi connectivity index (χ4v) is 2.21. The summed E-state index contributed by atoms with van der Waals surface area (Å²) in [6.45, 7) is 0.293. The lowest BCUT2D eigenvalue weighted by Gasteiger charge is -2.09. The number of hydrogen-bond acceptors (Lipinski definition) is 1. The highest BCUT2D eigenvalue weighted by atomic mass is 79.9. The summed E-state index contributed by atoms with van der Waals surface area (Å²) in [4.78, 5) is 0. The highest BCUT2D eigenvalue weighted by Gasteiger charge is 2.05. The van der Waals surface area contributed by atoms with Gasteiger partial charge in [0.2, 0.25) is 0 Å². The van der Waals surface area contributed by atoms with Crippen molar-refractivity contribution in [1.82, 2.24) is 0 Å². The molecule has 0 aliphatic rings. The zero-order valence-electron chi connectivity index (χ0n) is 9.18. The maximum absolute atomic E-state index is 13.6. The quantitative estimate of drug-likeness (QED) is 0.785. The molecule has 0 fully saturated rings. The van der Waals surface area contributed by atoms with Gasteiger partial charge in [-0.05, 0) is 46.3 Å². The van der Waals surface area contributed by atoms with Crippen molar-refractivity contribution >= 4 is 37.5 Å². The van der Waals surface area contributed by atoms with Gasteiger partial charge >= 0.3 is 0 Å². The third-order valence-electron chi connectivity index (χ3n) is 2.41. The Labute approximate surface area is 120 Å². The van der Waals surface area contributed by atoms with Crippen LogP contribution in [0.15, 0.2) is 45.3 Å². The molecule has 0 radical (unpaired) electrons. The topological polar surface area (TPSA) is 12.0 Å². The summed E-state index contributed by atoms with van der Waals surface area (Å²) in [5, 5.41) is 2.99. The molecule has 2 aromatic carbocycles. The first kappa shape index (κ1) is 13.5. The van der Waals surface area contributed by atoms with Gasteiger partial charge in [-0.25, -0.2) is 8.78 Å². The summed E-state index contributed by atoms with van der Waals surface area (Å²) in [5.41, 5.74) is 1.12. The molecule has 0 saturated heterocycles. The van der Waals surface area contributed by atoms with Crippen molar-refractivity contribution in [2.24, 2.45) is 0 Å². The predicted octanol–water partition coefficient (Wildman–Crippen LogP) is 5.10. The summed E-state index contributed by atoms with van der Waals surface area (Å²) in [5.74, 6) is -0.638. The third-order valence-corrected chi connectivity index (χ3v) is 3.60. The molecule has 1 N–H and O–H groups in total. The van der Waals surface area contributed by atoms with Crippen LogP contribution in [-0.4, -0.2) is 0 Å². The molecule has 0 aliphatic carbocycles. The molecule has 0 heterocycles. The second-order valence-corrected chi connectivity index (χ2v) is 5.48. The highest BCUT2D eigenvalue weighted by Crippen LogP contribution is 2.24. The fourth-order valence-electron chi connectivity index (χ4n) is 1.49. The smallest absolute Gasteiger partial charge is 0.129 e. The van der Waals surface area contributed by atoms with E-state index in [9.17, 15) is 8.78 Å². The van der Waals surface area contributed by atoms with Crippen molar-refractivity contribution in [3.05, 3.63) is 62.5 Å². The molecule has 1 nitrogen and oxygen atoms in total. The number of rotatable bonds is 3. The number of benzene rings is 2. The zero-order chi connectivity index (χ0) is 13.1. The monoisotopic (exact) mass is 375 g/mol. The van der Waals surface area contributed by atoms with Gasteiger partial charge in [0.25, 0.3) is 0 Å². The van der Waals surface area contributed by atoms with Gasteiger partial charge in [-0.2, -0.15) is 0 Å². The van der Waals surface area contributed by atoms with E-state index in [1.807, 2.05) is 0 Å². The molecule has 0 aromatic heterocycles. The molecule has 0 saturated carbocycles. The van der Waals surface area contributed by atoms with Crippen molar-refractivity contribution in [2.45, 2.75) is 6.54 Å². The zero-order valence-corrected chi connectivity index (χ0v) is 12.4. The van der Waals surface area contributed by atoms with Crippen LogP contribution >= 0.6 is 31.9 Å². The Balaban J connectivity index is 2.13. The molecule has 0 atom stereocenters. The summed E-state index contributed by atoms with van der Waals surface area (Å²) in [7, 11) is 0. The van der Waals surface area contributed by atoms with Gasteiger partial charge in [-0.15, -0.1) is 0 Å². The van der Waals surface area contributed by atoms with E-state index >= 15 is 0 Å². The predicted molar refractivity (Wildman–Crippen MR) is 75.5 cm³/mol. The van der Waals surface area contributed by atoms with Gasteiger partial charge < -0.3 is 5.32 Å². The average Bonchev–Trinajstić information content (AvgIpc) is 2.32. The number of anilines is 1. The van der Waals surface area contributed by atoms with E-state index in [0.717, 1.165) is 4.47 Å². The number of nitrogens with one attached hydrogen (secondary N) is 1. The van der Waals surface area contributed by atoms with Gasteiger partial charge in [-0.3, -0.25) is 0 Å². The molecule has 18 heavy (non-hydrogen) atoms. The van der Waals surface area contributed by atoms with Crippen molar-refractivity contribution in [3.8, 4) is 0 Å². The van der Waals surface area contributed by atoms with Crippen LogP contribution < -0.4 is 5.32 Å². The van der Waals surface area contributed by atoms with Gasteiger partial charge in [0.05, 0.1) is 5.69 Å². The highest BCUT2D eigenvalue weighted by molar-refractivity contribution is 9.10. The van der Waals surface area contributed by atoms with Crippen LogP contribution in [0.4, 0.5) is 14.5 Å². The minimum absolute atomic E-state index is 0.293. The number of halogens is 4. The van der Waals surface area contributed by atoms with E-state index in [0.29, 0.717) is 22.3 Å². The lowest BCUT2D eigenvalue weighted by Crippen LogP contribution is -2.02. The maximum Gasteiger partial charge on any atom is 0.129 e. The fraction of sp³-hybridized carbons (Fsp3) is 0.0769. The Kier molecular flexibility index (Phi) is 4.35. The normalized spacial score (nSPS) is 10.4. The van der Waals surface area contributed by atoms with E-state index in [4.69, 9.17) is 0 Å². The Morgan fingerprint density at radius 3 is 2.50 bits per heavy atom. The molecule has 2 aromatic rings. The molecule has 94 valence electrons. The van der Waals surface area contributed by atoms with Gasteiger partial charge in [0.1, 0.15) is 11.6 Å². The first-order valence-electron chi connectivity index (χ1n) is 5.19. The van der Waals surface area contributed by atoms with Crippen molar-refractivity contribution in [1.29, 1.82) is 0 Å². The standard InChI is InChI=1S/C13H9Br2F2N/c14-9-2-1-8(12(17)5-9)7-18-13-6-10(16)3-4-11(13)15/h1-6,18H,7H2. The molecule has 5 heteroatoms. The Morgan fingerprint density at radius 2 is 1.78 bits per heavy atom. The van der Waals surface area contributed by atoms with E-state index in [2.05, 4.69) is 37.2 Å². The molecular weight excluding hydrogens is 368 g/mol. The van der Waals surface area contributed by atoms with E-state index in [-0.39, 0.29) is 11.6 Å². The van der Waals surface area contributed by atoms with E-state index in [1.165, 1.54) is 18.2 Å². The second kappa shape index (κ2) is 5.80. The van der Waals surface area contributed by atoms with Crippen LogP contribution in [0.2, 0.25) is 0 Å². The third kappa shape index (κ3) is 3.29. The van der Waals surface area contributed by atoms with Crippen LogP contribution in [0.3, 0.4) is 0 Å². The molecule has 2 rings (SSSR count). The molecular formula is C13H9Br2F2N.